The SMILES string of the molecule is CC.CC(=O)/C(=C1/NC=CC(c2cccnc2C2CC2)N1)C1C=C1. The molecule has 0 radical (unpaired) electrons. The molecule has 4 heteroatoms. The molecule has 2 N–H and O–H groups in total. The third-order valence-electron chi connectivity index (χ3n) is 4.35. The van der Waals surface area contributed by atoms with Crippen molar-refractivity contribution >= 4 is 5.78 Å². The molecule has 2 heterocycles. The molecule has 1 aromatic rings. The number of hydrogen-bond acceptors (Lipinski definition) is 4. The standard InChI is InChI=1S/C18H19N3O.C2H6/c1-11(22)16(12-4-5-12)18-20-10-8-15(21-18)14-3-2-9-19-17(14)13-6-7-13;1-2/h2-5,8-10,12-13,15,20-21H,6-7H2,1H3;1-2H3/b18-16+;. The van der Waals surface area contributed by atoms with Crippen LogP contribution in [-0.2, 0) is 4.79 Å². The molecule has 3 aliphatic rings. The number of allylic oxidation sites excluding steroid dienone is 3. The number of nitrogens with one attached hydrogen (secondary N) is 2. The second kappa shape index (κ2) is 7.04. The molecule has 1 saturated carbocycles. The van der Waals surface area contributed by atoms with Gasteiger partial charge in [-0.25, -0.2) is 0 Å². The van der Waals surface area contributed by atoms with Crippen molar-refractivity contribution in [2.45, 2.75) is 45.6 Å². The van der Waals surface area contributed by atoms with E-state index in [1.165, 1.54) is 24.1 Å². The van der Waals surface area contributed by atoms with Crippen molar-refractivity contribution in [3.63, 3.8) is 0 Å². The lowest BCUT2D eigenvalue weighted by molar-refractivity contribution is -0.113. The summed E-state index contributed by atoms with van der Waals surface area (Å²) in [5.74, 6) is 1.70. The summed E-state index contributed by atoms with van der Waals surface area (Å²) in [4.78, 5) is 16.5. The van der Waals surface area contributed by atoms with Crippen LogP contribution in [0.3, 0.4) is 0 Å². The van der Waals surface area contributed by atoms with Gasteiger partial charge in [0.25, 0.3) is 0 Å². The summed E-state index contributed by atoms with van der Waals surface area (Å²) >= 11 is 0. The summed E-state index contributed by atoms with van der Waals surface area (Å²) in [6, 6.07) is 4.18. The first-order valence-electron chi connectivity index (χ1n) is 8.82. The molecule has 0 spiro atoms. The number of carbonyl (C=O) groups is 1. The molecule has 1 atom stereocenters. The first-order valence-corrected chi connectivity index (χ1v) is 8.82. The van der Waals surface area contributed by atoms with Gasteiger partial charge in [-0.1, -0.05) is 32.1 Å². The van der Waals surface area contributed by atoms with Gasteiger partial charge in [0.1, 0.15) is 5.82 Å². The van der Waals surface area contributed by atoms with Gasteiger partial charge in [-0.2, -0.15) is 0 Å². The van der Waals surface area contributed by atoms with Gasteiger partial charge >= 0.3 is 0 Å². The van der Waals surface area contributed by atoms with Crippen LogP contribution in [0.4, 0.5) is 0 Å². The summed E-state index contributed by atoms with van der Waals surface area (Å²) < 4.78 is 0. The number of Topliss-reactive ketones (excluding diaryl/α,β-unsaturated/α-hetero) is 1. The highest BCUT2D eigenvalue weighted by Gasteiger charge is 2.31. The molecular formula is C20H25N3O. The zero-order valence-electron chi connectivity index (χ0n) is 14.5. The lowest BCUT2D eigenvalue weighted by Gasteiger charge is -2.27. The predicted octanol–water partition coefficient (Wildman–Crippen LogP) is 3.72. The fourth-order valence-electron chi connectivity index (χ4n) is 3.03. The largest absolute Gasteiger partial charge is 0.361 e. The number of pyridine rings is 1. The van der Waals surface area contributed by atoms with Crippen molar-refractivity contribution in [1.29, 1.82) is 0 Å². The topological polar surface area (TPSA) is 54.0 Å². The van der Waals surface area contributed by atoms with Gasteiger partial charge in [0, 0.05) is 41.1 Å². The van der Waals surface area contributed by atoms with Crippen LogP contribution in [0.1, 0.15) is 56.8 Å². The van der Waals surface area contributed by atoms with E-state index in [4.69, 9.17) is 0 Å². The molecule has 1 aliphatic heterocycles. The fourth-order valence-corrected chi connectivity index (χ4v) is 3.03. The molecular weight excluding hydrogens is 298 g/mol. The molecule has 4 rings (SSSR count). The molecule has 0 amide bonds. The van der Waals surface area contributed by atoms with Crippen molar-refractivity contribution in [2.24, 2.45) is 5.92 Å². The van der Waals surface area contributed by atoms with Crippen LogP contribution >= 0.6 is 0 Å². The summed E-state index contributed by atoms with van der Waals surface area (Å²) in [7, 11) is 0. The average Bonchev–Trinajstić information content (AvgIpc) is 3.50. The number of rotatable bonds is 4. The van der Waals surface area contributed by atoms with Crippen LogP contribution in [0.2, 0.25) is 0 Å². The van der Waals surface area contributed by atoms with Crippen molar-refractivity contribution in [3.8, 4) is 0 Å². The minimum absolute atomic E-state index is 0.0636. The van der Waals surface area contributed by atoms with Gasteiger partial charge in [-0.15, -0.1) is 0 Å². The summed E-state index contributed by atoms with van der Waals surface area (Å²) in [6.07, 6.45) is 12.4. The Kier molecular flexibility index (Phi) is 4.84. The summed E-state index contributed by atoms with van der Waals surface area (Å²) in [5.41, 5.74) is 3.22. The van der Waals surface area contributed by atoms with E-state index in [0.29, 0.717) is 5.92 Å². The van der Waals surface area contributed by atoms with Gasteiger partial charge in [-0.05, 0) is 31.9 Å². The Morgan fingerprint density at radius 3 is 2.58 bits per heavy atom. The highest BCUT2D eigenvalue weighted by atomic mass is 16.1. The molecule has 2 aliphatic carbocycles. The zero-order valence-corrected chi connectivity index (χ0v) is 14.5. The third-order valence-corrected chi connectivity index (χ3v) is 4.35. The van der Waals surface area contributed by atoms with Crippen LogP contribution in [0.25, 0.3) is 0 Å². The average molecular weight is 323 g/mol. The summed E-state index contributed by atoms with van der Waals surface area (Å²) in [6.45, 7) is 5.62. The molecule has 0 saturated heterocycles. The van der Waals surface area contributed by atoms with Crippen molar-refractivity contribution in [3.05, 3.63) is 65.4 Å². The van der Waals surface area contributed by atoms with E-state index >= 15 is 0 Å². The number of nitrogens with zero attached hydrogens (tertiary/aromatic N) is 1. The maximum Gasteiger partial charge on any atom is 0.160 e. The maximum absolute atomic E-state index is 11.9. The van der Waals surface area contributed by atoms with Gasteiger partial charge in [0.2, 0.25) is 0 Å². The molecule has 1 aromatic heterocycles. The zero-order chi connectivity index (χ0) is 17.1. The molecule has 4 nitrogen and oxygen atoms in total. The van der Waals surface area contributed by atoms with Crippen LogP contribution in [-0.4, -0.2) is 10.8 Å². The quantitative estimate of drug-likeness (QED) is 0.655. The Morgan fingerprint density at radius 2 is 1.96 bits per heavy atom. The highest BCUT2D eigenvalue weighted by molar-refractivity contribution is 5.96. The van der Waals surface area contributed by atoms with Crippen molar-refractivity contribution < 1.29 is 4.79 Å². The molecule has 126 valence electrons. The smallest absolute Gasteiger partial charge is 0.160 e. The van der Waals surface area contributed by atoms with E-state index in [1.807, 2.05) is 44.5 Å². The van der Waals surface area contributed by atoms with E-state index in [9.17, 15) is 4.79 Å². The van der Waals surface area contributed by atoms with Gasteiger partial charge in [0.05, 0.1) is 6.04 Å². The minimum Gasteiger partial charge on any atom is -0.361 e. The van der Waals surface area contributed by atoms with Crippen LogP contribution < -0.4 is 10.6 Å². The van der Waals surface area contributed by atoms with Gasteiger partial charge < -0.3 is 10.6 Å². The first-order chi connectivity index (χ1) is 11.7. The Hall–Kier alpha value is -2.36. The first kappa shape index (κ1) is 16.5. The number of aromatic nitrogens is 1. The second-order valence-corrected chi connectivity index (χ2v) is 6.13. The van der Waals surface area contributed by atoms with Gasteiger partial charge in [-0.3, -0.25) is 9.78 Å². The molecule has 24 heavy (non-hydrogen) atoms. The van der Waals surface area contributed by atoms with Crippen molar-refractivity contribution in [2.75, 3.05) is 0 Å². The highest BCUT2D eigenvalue weighted by Crippen LogP contribution is 2.42. The van der Waals surface area contributed by atoms with E-state index in [-0.39, 0.29) is 17.7 Å². The number of carbonyl (C=O) groups excluding carboxylic acids is 1. The molecule has 0 aromatic carbocycles. The van der Waals surface area contributed by atoms with E-state index in [2.05, 4.69) is 27.8 Å². The lowest BCUT2D eigenvalue weighted by Crippen LogP contribution is -2.34. The fraction of sp³-hybridized carbons (Fsp3) is 0.400. The molecule has 0 bridgehead atoms. The Bertz CT molecular complexity index is 707. The van der Waals surface area contributed by atoms with E-state index in [1.54, 1.807) is 6.92 Å². The van der Waals surface area contributed by atoms with E-state index < -0.39 is 0 Å². The monoisotopic (exact) mass is 323 g/mol. The number of hydrogen-bond donors (Lipinski definition) is 2. The third kappa shape index (κ3) is 3.42. The molecule has 1 unspecified atom stereocenters. The van der Waals surface area contributed by atoms with E-state index in [0.717, 1.165) is 11.4 Å². The van der Waals surface area contributed by atoms with Crippen LogP contribution in [0.15, 0.2) is 54.2 Å². The lowest BCUT2D eigenvalue weighted by atomic mass is 9.99. The van der Waals surface area contributed by atoms with Crippen molar-refractivity contribution in [1.82, 2.24) is 15.6 Å². The molecule has 1 fully saturated rings. The Balaban J connectivity index is 0.000000815. The van der Waals surface area contributed by atoms with Crippen LogP contribution in [0, 0.1) is 5.92 Å². The minimum atomic E-state index is 0.0636. The predicted molar refractivity (Wildman–Crippen MR) is 96.0 cm³/mol. The van der Waals surface area contributed by atoms with Gasteiger partial charge in [0.15, 0.2) is 5.78 Å². The number of ketones is 1. The Morgan fingerprint density at radius 1 is 1.21 bits per heavy atom. The summed E-state index contributed by atoms with van der Waals surface area (Å²) in [5, 5.41) is 6.67. The van der Waals surface area contributed by atoms with Crippen LogP contribution in [0.5, 0.6) is 0 Å². The normalized spacial score (nSPS) is 23.5. The Labute approximate surface area is 143 Å². The maximum atomic E-state index is 11.9. The second-order valence-electron chi connectivity index (χ2n) is 6.13.